The second-order valence-corrected chi connectivity index (χ2v) is 11.3. The predicted molar refractivity (Wildman–Crippen MR) is 137 cm³/mol. The first-order chi connectivity index (χ1) is 15.5. The van der Waals surface area contributed by atoms with E-state index in [4.69, 9.17) is 4.74 Å². The summed E-state index contributed by atoms with van der Waals surface area (Å²) in [5.74, 6) is 0.136. The fourth-order valence-corrected chi connectivity index (χ4v) is 5.21. The number of carbonyl (C=O) groups excluding carboxylic acids is 1. The summed E-state index contributed by atoms with van der Waals surface area (Å²) in [6.07, 6.45) is 8.89. The molecule has 0 bridgehead atoms. The number of carbonyl (C=O) groups is 1. The van der Waals surface area contributed by atoms with Crippen molar-refractivity contribution in [3.8, 4) is 0 Å². The maximum Gasteiger partial charge on any atom is 0.411 e. The molecule has 0 heterocycles. The minimum atomic E-state index is -0.967. The number of amides is 1. The Kier molecular flexibility index (Phi) is 8.26. The van der Waals surface area contributed by atoms with Gasteiger partial charge in [0.15, 0.2) is 0 Å². The molecule has 0 radical (unpaired) electrons. The molecule has 0 saturated heterocycles. The van der Waals surface area contributed by atoms with E-state index in [9.17, 15) is 9.18 Å². The third-order valence-electron chi connectivity index (χ3n) is 6.60. The van der Waals surface area contributed by atoms with Gasteiger partial charge in [0.25, 0.3) is 0 Å². The Morgan fingerprint density at radius 1 is 1.18 bits per heavy atom. The summed E-state index contributed by atoms with van der Waals surface area (Å²) >= 11 is 3.50. The van der Waals surface area contributed by atoms with Crippen molar-refractivity contribution in [2.75, 3.05) is 0 Å². The Balaban J connectivity index is 1.91. The van der Waals surface area contributed by atoms with E-state index in [1.165, 1.54) is 5.56 Å². The molecule has 0 N–H and O–H groups in total. The highest BCUT2D eigenvalue weighted by Crippen LogP contribution is 2.38. The molecular formula is C28H37BrFNO2. The second-order valence-electron chi connectivity index (χ2n) is 10.4. The largest absolute Gasteiger partial charge is 0.444 e. The molecule has 0 fully saturated rings. The number of fused-ring (bicyclic) bond motifs is 1. The van der Waals surface area contributed by atoms with Crippen LogP contribution in [-0.4, -0.2) is 34.8 Å². The van der Waals surface area contributed by atoms with Crippen molar-refractivity contribution < 1.29 is 13.9 Å². The minimum Gasteiger partial charge on any atom is -0.444 e. The van der Waals surface area contributed by atoms with Crippen molar-refractivity contribution in [2.45, 2.75) is 90.6 Å². The van der Waals surface area contributed by atoms with Gasteiger partial charge in [0.2, 0.25) is 0 Å². The van der Waals surface area contributed by atoms with Gasteiger partial charge in [-0.05, 0) is 94.7 Å². The molecule has 33 heavy (non-hydrogen) atoms. The van der Waals surface area contributed by atoms with Gasteiger partial charge in [0.1, 0.15) is 11.8 Å². The molecule has 2 aliphatic rings. The van der Waals surface area contributed by atoms with Gasteiger partial charge < -0.3 is 4.74 Å². The molecule has 5 atom stereocenters. The first-order valence-electron chi connectivity index (χ1n) is 12.0. The standard InChI is InChI=1S/C28H37BrFNO2/c1-18(21-11-13-22(29)14-12-21)17-19(2)31(27(32)33-28(4,5)6)20(3)23-15-16-26(30)25-10-8-7-9-24(23)25/h7,9,11-16,18-20,25-26H,8,10,17H2,1-6H3/t18-,19?,20-,25?,26?/m1/s1. The predicted octanol–water partition coefficient (Wildman–Crippen LogP) is 8.13. The van der Waals surface area contributed by atoms with E-state index >= 15 is 0 Å². The molecular weight excluding hydrogens is 481 g/mol. The number of alkyl halides is 1. The van der Waals surface area contributed by atoms with Crippen LogP contribution in [0.15, 0.2) is 64.2 Å². The van der Waals surface area contributed by atoms with Crippen LogP contribution in [0.25, 0.3) is 0 Å². The van der Waals surface area contributed by atoms with Gasteiger partial charge >= 0.3 is 6.09 Å². The highest BCUT2D eigenvalue weighted by atomic mass is 79.9. The molecule has 3 rings (SSSR count). The van der Waals surface area contributed by atoms with Crippen LogP contribution in [0.5, 0.6) is 0 Å². The Hall–Kier alpha value is -1.88. The lowest BCUT2D eigenvalue weighted by Gasteiger charge is -2.40. The molecule has 180 valence electrons. The van der Waals surface area contributed by atoms with E-state index in [-0.39, 0.29) is 30.0 Å². The zero-order valence-electron chi connectivity index (χ0n) is 20.6. The summed E-state index contributed by atoms with van der Waals surface area (Å²) in [5, 5.41) is 0. The number of hydrogen-bond acceptors (Lipinski definition) is 2. The lowest BCUT2D eigenvalue weighted by atomic mass is 9.77. The number of allylic oxidation sites excluding steroid dienone is 4. The van der Waals surface area contributed by atoms with Crippen LogP contribution >= 0.6 is 15.9 Å². The molecule has 5 heteroatoms. The summed E-state index contributed by atoms with van der Waals surface area (Å²) in [6, 6.07) is 8.05. The normalized spacial score (nSPS) is 23.0. The molecule has 3 nitrogen and oxygen atoms in total. The smallest absolute Gasteiger partial charge is 0.411 e. The molecule has 2 aliphatic carbocycles. The zero-order valence-corrected chi connectivity index (χ0v) is 22.2. The molecule has 1 aromatic rings. The number of nitrogens with zero attached hydrogens (tertiary/aromatic N) is 1. The van der Waals surface area contributed by atoms with Gasteiger partial charge in [-0.3, -0.25) is 4.90 Å². The monoisotopic (exact) mass is 517 g/mol. The second kappa shape index (κ2) is 10.6. The van der Waals surface area contributed by atoms with Crippen molar-refractivity contribution in [1.82, 2.24) is 4.90 Å². The van der Waals surface area contributed by atoms with Gasteiger partial charge in [0, 0.05) is 16.4 Å². The molecule has 0 aromatic heterocycles. The fraction of sp³-hybridized carbons (Fsp3) is 0.536. The van der Waals surface area contributed by atoms with Gasteiger partial charge in [-0.25, -0.2) is 9.18 Å². The van der Waals surface area contributed by atoms with Crippen LogP contribution in [0, 0.1) is 5.92 Å². The molecule has 1 aromatic carbocycles. The zero-order chi connectivity index (χ0) is 24.3. The van der Waals surface area contributed by atoms with Crippen molar-refractivity contribution >= 4 is 22.0 Å². The number of halogens is 2. The van der Waals surface area contributed by atoms with Gasteiger partial charge in [-0.2, -0.15) is 0 Å². The quantitative estimate of drug-likeness (QED) is 0.381. The Morgan fingerprint density at radius 3 is 2.48 bits per heavy atom. The van der Waals surface area contributed by atoms with Gasteiger partial charge in [-0.1, -0.05) is 53.2 Å². The molecule has 1 amide bonds. The van der Waals surface area contributed by atoms with E-state index in [0.717, 1.165) is 34.9 Å². The highest BCUT2D eigenvalue weighted by Gasteiger charge is 2.36. The SMILES string of the molecule is CC(C[C@@H](C)c1ccc(Br)cc1)N(C(=O)OC(C)(C)C)[C@H](C)C1=C2C=CCCC2C(F)C=C1. The first-order valence-corrected chi connectivity index (χ1v) is 12.8. The average molecular weight is 519 g/mol. The van der Waals surface area contributed by atoms with Crippen molar-refractivity contribution in [2.24, 2.45) is 5.92 Å². The van der Waals surface area contributed by atoms with Crippen molar-refractivity contribution in [3.63, 3.8) is 0 Å². The fourth-order valence-electron chi connectivity index (χ4n) is 4.95. The van der Waals surface area contributed by atoms with E-state index in [1.807, 2.05) is 50.8 Å². The van der Waals surface area contributed by atoms with Crippen LogP contribution in [0.2, 0.25) is 0 Å². The minimum absolute atomic E-state index is 0.0656. The molecule has 0 aliphatic heterocycles. The number of rotatable bonds is 6. The van der Waals surface area contributed by atoms with Crippen LogP contribution in [-0.2, 0) is 4.74 Å². The maximum absolute atomic E-state index is 14.6. The Morgan fingerprint density at radius 2 is 1.85 bits per heavy atom. The summed E-state index contributed by atoms with van der Waals surface area (Å²) in [5.41, 5.74) is 2.67. The number of ether oxygens (including phenoxy) is 1. The summed E-state index contributed by atoms with van der Waals surface area (Å²) in [7, 11) is 0. The third kappa shape index (κ3) is 6.38. The Bertz CT molecular complexity index is 928. The summed E-state index contributed by atoms with van der Waals surface area (Å²) in [4.78, 5) is 15.3. The van der Waals surface area contributed by atoms with E-state index in [1.54, 1.807) is 6.08 Å². The van der Waals surface area contributed by atoms with Gasteiger partial charge in [-0.15, -0.1) is 0 Å². The van der Waals surface area contributed by atoms with E-state index < -0.39 is 11.8 Å². The topological polar surface area (TPSA) is 29.5 Å². The number of benzene rings is 1. The van der Waals surface area contributed by atoms with Crippen molar-refractivity contribution in [1.29, 1.82) is 0 Å². The highest BCUT2D eigenvalue weighted by molar-refractivity contribution is 9.10. The van der Waals surface area contributed by atoms with E-state index in [2.05, 4.69) is 54.1 Å². The maximum atomic E-state index is 14.6. The molecule has 0 spiro atoms. The van der Waals surface area contributed by atoms with Gasteiger partial charge in [0.05, 0.1) is 6.04 Å². The van der Waals surface area contributed by atoms with Crippen LogP contribution in [0.3, 0.4) is 0 Å². The summed E-state index contributed by atoms with van der Waals surface area (Å²) in [6.45, 7) is 12.0. The van der Waals surface area contributed by atoms with Crippen LogP contribution in [0.1, 0.15) is 72.3 Å². The third-order valence-corrected chi connectivity index (χ3v) is 7.13. The molecule has 0 saturated carbocycles. The first kappa shape index (κ1) is 25.7. The average Bonchev–Trinajstić information content (AvgIpc) is 2.73. The molecule has 3 unspecified atom stereocenters. The summed E-state index contributed by atoms with van der Waals surface area (Å²) < 4.78 is 21.5. The lowest BCUT2D eigenvalue weighted by molar-refractivity contribution is 0.0107. The lowest BCUT2D eigenvalue weighted by Crippen LogP contribution is -2.48. The van der Waals surface area contributed by atoms with E-state index in [0.29, 0.717) is 0 Å². The van der Waals surface area contributed by atoms with Crippen LogP contribution < -0.4 is 0 Å². The van der Waals surface area contributed by atoms with Crippen molar-refractivity contribution in [3.05, 3.63) is 69.8 Å². The Labute approximate surface area is 206 Å². The number of hydrogen-bond donors (Lipinski definition) is 0. The van der Waals surface area contributed by atoms with Crippen LogP contribution in [0.4, 0.5) is 9.18 Å².